The third-order valence-corrected chi connectivity index (χ3v) is 4.78. The highest BCUT2D eigenvalue weighted by Crippen LogP contribution is 2.40. The van der Waals surface area contributed by atoms with E-state index < -0.39 is 0 Å². The predicted octanol–water partition coefficient (Wildman–Crippen LogP) is 4.64. The first-order valence-electron chi connectivity index (χ1n) is 8.64. The molecule has 28 heavy (non-hydrogen) atoms. The molecule has 4 aromatic rings. The normalized spacial score (nSPS) is 12.3. The minimum Gasteiger partial charge on any atom is -0.454 e. The van der Waals surface area contributed by atoms with Crippen molar-refractivity contribution in [3.05, 3.63) is 77.4 Å². The largest absolute Gasteiger partial charge is 0.454 e. The Kier molecular flexibility index (Phi) is 3.91. The lowest BCUT2D eigenvalue weighted by atomic mass is 10.1. The lowest BCUT2D eigenvalue weighted by Gasteiger charge is -2.09. The van der Waals surface area contributed by atoms with Crippen molar-refractivity contribution in [2.45, 2.75) is 0 Å². The number of aromatic nitrogens is 2. The van der Waals surface area contributed by atoms with Crippen LogP contribution in [-0.2, 0) is 0 Å². The van der Waals surface area contributed by atoms with Gasteiger partial charge in [-0.05, 0) is 24.3 Å². The van der Waals surface area contributed by atoms with E-state index in [1.54, 1.807) is 12.1 Å². The third-order valence-electron chi connectivity index (χ3n) is 4.50. The summed E-state index contributed by atoms with van der Waals surface area (Å²) in [5.74, 6) is 1.18. The van der Waals surface area contributed by atoms with Gasteiger partial charge in [-0.2, -0.15) is 0 Å². The molecule has 0 fully saturated rings. The van der Waals surface area contributed by atoms with Crippen LogP contribution in [0.25, 0.3) is 16.9 Å². The van der Waals surface area contributed by atoms with E-state index in [1.807, 2.05) is 59.1 Å². The monoisotopic (exact) mass is 391 g/mol. The molecule has 0 radical (unpaired) electrons. The summed E-state index contributed by atoms with van der Waals surface area (Å²) in [5.41, 5.74) is 2.71. The molecule has 0 aliphatic carbocycles. The van der Waals surface area contributed by atoms with Crippen molar-refractivity contribution in [1.29, 1.82) is 0 Å². The molecule has 3 heterocycles. The fourth-order valence-electron chi connectivity index (χ4n) is 3.19. The van der Waals surface area contributed by atoms with Crippen molar-refractivity contribution < 1.29 is 14.3 Å². The Labute approximate surface area is 165 Å². The van der Waals surface area contributed by atoms with E-state index in [9.17, 15) is 4.79 Å². The van der Waals surface area contributed by atoms with Crippen LogP contribution in [0.5, 0.6) is 11.5 Å². The van der Waals surface area contributed by atoms with Crippen molar-refractivity contribution in [3.63, 3.8) is 0 Å². The smallest absolute Gasteiger partial charge is 0.257 e. The van der Waals surface area contributed by atoms with Crippen molar-refractivity contribution in [3.8, 4) is 22.8 Å². The Hall–Kier alpha value is -3.51. The Morgan fingerprint density at radius 3 is 2.75 bits per heavy atom. The minimum absolute atomic E-state index is 0.0888. The first-order chi connectivity index (χ1) is 13.7. The molecule has 138 valence electrons. The van der Waals surface area contributed by atoms with Crippen LogP contribution >= 0.6 is 11.6 Å². The molecule has 1 aliphatic rings. The van der Waals surface area contributed by atoms with Crippen LogP contribution in [0.2, 0.25) is 5.02 Å². The number of benzene rings is 2. The number of nitrogens with one attached hydrogen (secondary N) is 1. The molecule has 2 aromatic carbocycles. The molecular formula is C21H14ClN3O3. The van der Waals surface area contributed by atoms with Gasteiger partial charge >= 0.3 is 0 Å². The molecule has 0 atom stereocenters. The SMILES string of the molecule is O=C(Nc1c(-c2ccccc2)nc2ccccn12)c1cc(Cl)c2c(c1)OCO2. The van der Waals surface area contributed by atoms with Gasteiger partial charge in [0, 0.05) is 17.3 Å². The molecule has 0 saturated heterocycles. The number of rotatable bonds is 3. The van der Waals surface area contributed by atoms with E-state index in [-0.39, 0.29) is 12.7 Å². The fraction of sp³-hybridized carbons (Fsp3) is 0.0476. The molecule has 2 aromatic heterocycles. The topological polar surface area (TPSA) is 64.9 Å². The van der Waals surface area contributed by atoms with Gasteiger partial charge < -0.3 is 14.8 Å². The van der Waals surface area contributed by atoms with Crippen LogP contribution < -0.4 is 14.8 Å². The fourth-order valence-corrected chi connectivity index (χ4v) is 3.46. The molecule has 5 rings (SSSR count). The van der Waals surface area contributed by atoms with Gasteiger partial charge in [0.15, 0.2) is 11.5 Å². The summed E-state index contributed by atoms with van der Waals surface area (Å²) >= 11 is 6.22. The zero-order valence-electron chi connectivity index (χ0n) is 14.6. The minimum atomic E-state index is -0.317. The number of halogens is 1. The quantitative estimate of drug-likeness (QED) is 0.552. The lowest BCUT2D eigenvalue weighted by molar-refractivity contribution is 0.102. The van der Waals surface area contributed by atoms with Crippen molar-refractivity contribution in [2.24, 2.45) is 0 Å². The van der Waals surface area contributed by atoms with Crippen LogP contribution in [0.3, 0.4) is 0 Å². The number of nitrogens with zero attached hydrogens (tertiary/aromatic N) is 2. The highest BCUT2D eigenvalue weighted by atomic mass is 35.5. The second-order valence-electron chi connectivity index (χ2n) is 6.25. The van der Waals surface area contributed by atoms with Crippen LogP contribution in [0.1, 0.15) is 10.4 Å². The average Bonchev–Trinajstić information content (AvgIpc) is 3.34. The molecule has 0 saturated carbocycles. The first-order valence-corrected chi connectivity index (χ1v) is 9.01. The zero-order valence-corrected chi connectivity index (χ0v) is 15.3. The maximum absolute atomic E-state index is 13.0. The summed E-state index contributed by atoms with van der Waals surface area (Å²) in [7, 11) is 0. The summed E-state index contributed by atoms with van der Waals surface area (Å²) in [6.07, 6.45) is 1.86. The molecule has 1 N–H and O–H groups in total. The van der Waals surface area contributed by atoms with Gasteiger partial charge in [-0.25, -0.2) is 4.98 Å². The zero-order chi connectivity index (χ0) is 19.1. The summed E-state index contributed by atoms with van der Waals surface area (Å²) in [5, 5.41) is 3.31. The van der Waals surface area contributed by atoms with Gasteiger partial charge in [0.25, 0.3) is 5.91 Å². The molecule has 0 bridgehead atoms. The van der Waals surface area contributed by atoms with E-state index >= 15 is 0 Å². The predicted molar refractivity (Wildman–Crippen MR) is 106 cm³/mol. The number of ether oxygens (including phenoxy) is 2. The molecule has 1 amide bonds. The first kappa shape index (κ1) is 16.6. The maximum Gasteiger partial charge on any atom is 0.257 e. The van der Waals surface area contributed by atoms with Gasteiger partial charge in [0.1, 0.15) is 17.2 Å². The van der Waals surface area contributed by atoms with Crippen LogP contribution in [0, 0.1) is 0 Å². The van der Waals surface area contributed by atoms with Gasteiger partial charge in [-0.3, -0.25) is 9.20 Å². The summed E-state index contributed by atoms with van der Waals surface area (Å²) in [6, 6.07) is 18.6. The number of amides is 1. The van der Waals surface area contributed by atoms with Crippen molar-refractivity contribution in [1.82, 2.24) is 9.38 Å². The molecule has 6 nitrogen and oxygen atoms in total. The second-order valence-corrected chi connectivity index (χ2v) is 6.66. The number of pyridine rings is 1. The van der Waals surface area contributed by atoms with E-state index in [0.717, 1.165) is 11.2 Å². The van der Waals surface area contributed by atoms with Gasteiger partial charge in [0.05, 0.1) is 5.02 Å². The van der Waals surface area contributed by atoms with E-state index in [0.29, 0.717) is 33.6 Å². The Balaban J connectivity index is 1.58. The number of imidazole rings is 1. The average molecular weight is 392 g/mol. The molecule has 1 aliphatic heterocycles. The van der Waals surface area contributed by atoms with Crippen LogP contribution in [-0.4, -0.2) is 22.1 Å². The second kappa shape index (κ2) is 6.58. The molecular weight excluding hydrogens is 378 g/mol. The Morgan fingerprint density at radius 1 is 1.07 bits per heavy atom. The van der Waals surface area contributed by atoms with Gasteiger partial charge in [-0.15, -0.1) is 0 Å². The van der Waals surface area contributed by atoms with Crippen molar-refractivity contribution >= 4 is 29.0 Å². The number of hydrogen-bond donors (Lipinski definition) is 1. The number of anilines is 1. The van der Waals surface area contributed by atoms with Gasteiger partial charge in [-0.1, -0.05) is 48.0 Å². The molecule has 0 unspecified atom stereocenters. The van der Waals surface area contributed by atoms with E-state index in [1.165, 1.54) is 0 Å². The third kappa shape index (κ3) is 2.75. The van der Waals surface area contributed by atoms with E-state index in [2.05, 4.69) is 10.3 Å². The summed E-state index contributed by atoms with van der Waals surface area (Å²) in [6.45, 7) is 0.0888. The standard InChI is InChI=1S/C21H14ClN3O3/c22-15-10-14(11-16-19(15)28-12-27-16)21(26)24-20-18(13-6-2-1-3-7-13)23-17-8-4-5-9-25(17)20/h1-11H,12H2,(H,24,26). The Bertz CT molecular complexity index is 1200. The number of carbonyl (C=O) groups excluding carboxylic acids is 1. The maximum atomic E-state index is 13.0. The Morgan fingerprint density at radius 2 is 1.89 bits per heavy atom. The number of hydrogen-bond acceptors (Lipinski definition) is 4. The van der Waals surface area contributed by atoms with Crippen molar-refractivity contribution in [2.75, 3.05) is 12.1 Å². The van der Waals surface area contributed by atoms with Gasteiger partial charge in [0.2, 0.25) is 6.79 Å². The van der Waals surface area contributed by atoms with Crippen LogP contribution in [0.4, 0.5) is 5.82 Å². The van der Waals surface area contributed by atoms with Crippen LogP contribution in [0.15, 0.2) is 66.9 Å². The highest BCUT2D eigenvalue weighted by Gasteiger charge is 2.22. The highest BCUT2D eigenvalue weighted by molar-refractivity contribution is 6.33. The molecule has 0 spiro atoms. The summed E-state index contributed by atoms with van der Waals surface area (Å²) in [4.78, 5) is 17.7. The number of fused-ring (bicyclic) bond motifs is 2. The lowest BCUT2D eigenvalue weighted by Crippen LogP contribution is -2.14. The summed E-state index contributed by atoms with van der Waals surface area (Å²) < 4.78 is 12.5. The molecule has 7 heteroatoms. The number of carbonyl (C=O) groups is 1. The van der Waals surface area contributed by atoms with E-state index in [4.69, 9.17) is 21.1 Å².